The van der Waals surface area contributed by atoms with Crippen LogP contribution in [-0.4, -0.2) is 0 Å². The van der Waals surface area contributed by atoms with Crippen LogP contribution in [-0.2, 0) is 6.42 Å². The van der Waals surface area contributed by atoms with Crippen LogP contribution >= 0.6 is 0 Å². The summed E-state index contributed by atoms with van der Waals surface area (Å²) >= 11 is 0. The van der Waals surface area contributed by atoms with Gasteiger partial charge in [-0.2, -0.15) is 0 Å². The maximum absolute atomic E-state index is 6.71. The molecule has 1 aromatic carbocycles. The molecule has 50 valence electrons. The van der Waals surface area contributed by atoms with Gasteiger partial charge in [-0.1, -0.05) is 12.1 Å². The number of nitrogens with two attached hydrogens (primary N) is 1. The lowest BCUT2D eigenvalue weighted by Crippen LogP contribution is -2.17. The van der Waals surface area contributed by atoms with Crippen LogP contribution in [0.15, 0.2) is 24.3 Å². The number of benzene rings is 1. The molecule has 0 spiro atoms. The molecular weight excluding hydrogens is 124 g/mol. The average Bonchev–Trinajstić information content (AvgIpc) is 1.95. The van der Waals surface area contributed by atoms with E-state index in [0.29, 0.717) is 6.42 Å². The maximum atomic E-state index is 6.71. The van der Waals surface area contributed by atoms with Gasteiger partial charge in [0.1, 0.15) is 6.42 Å². The molecule has 0 radical (unpaired) electrons. The second-order valence-electron chi connectivity index (χ2n) is 2.10. The summed E-state index contributed by atoms with van der Waals surface area (Å²) in [5.41, 5.74) is 7.29. The van der Waals surface area contributed by atoms with E-state index in [4.69, 9.17) is 11.0 Å². The zero-order valence-electron chi connectivity index (χ0n) is 5.59. The van der Waals surface area contributed by atoms with Gasteiger partial charge in [0.05, 0.1) is 0 Å². The molecule has 10 heavy (non-hydrogen) atoms. The molecule has 0 aliphatic heterocycles. The van der Waals surface area contributed by atoms with Crippen molar-refractivity contribution in [1.82, 2.24) is 0 Å². The third-order valence-corrected chi connectivity index (χ3v) is 1.27. The van der Waals surface area contributed by atoms with Crippen molar-refractivity contribution < 1.29 is 5.26 Å². The smallest absolute Gasteiger partial charge is 0.275 e. The van der Waals surface area contributed by atoms with Gasteiger partial charge < -0.3 is 5.73 Å². The standard InChI is InChI=1S/C8H8N2/c9-6-5-7-1-3-8(10)4-2-7/h1-4H,5,10H2/p+1. The molecule has 3 N–H and O–H groups in total. The number of anilines is 1. The number of hydrogen-bond donors (Lipinski definition) is 2. The lowest BCUT2D eigenvalue weighted by Gasteiger charge is -1.92. The predicted octanol–water partition coefficient (Wildman–Crippen LogP) is -0.416. The Balaban J connectivity index is 2.81. The van der Waals surface area contributed by atoms with E-state index >= 15 is 0 Å². The summed E-state index contributed by atoms with van der Waals surface area (Å²) in [7, 11) is 0. The fourth-order valence-electron chi connectivity index (χ4n) is 0.738. The van der Waals surface area contributed by atoms with Crippen LogP contribution in [0.3, 0.4) is 0 Å². The Hall–Kier alpha value is -1.49. The highest BCUT2D eigenvalue weighted by molar-refractivity contribution is 5.39. The molecule has 0 aromatic heterocycles. The number of rotatable bonds is 1. The van der Waals surface area contributed by atoms with Crippen molar-refractivity contribution >= 4 is 5.69 Å². The van der Waals surface area contributed by atoms with E-state index in [2.05, 4.69) is 6.07 Å². The average molecular weight is 133 g/mol. The first-order chi connectivity index (χ1) is 4.83. The second-order valence-corrected chi connectivity index (χ2v) is 2.10. The van der Waals surface area contributed by atoms with E-state index < -0.39 is 0 Å². The van der Waals surface area contributed by atoms with Gasteiger partial charge in [0.25, 0.3) is 6.07 Å². The first kappa shape index (κ1) is 6.63. The van der Waals surface area contributed by atoms with Crippen molar-refractivity contribution in [3.05, 3.63) is 29.8 Å². The van der Waals surface area contributed by atoms with Gasteiger partial charge in [0, 0.05) is 5.69 Å². The highest BCUT2D eigenvalue weighted by atomic mass is 14.5. The highest BCUT2D eigenvalue weighted by Gasteiger charge is 1.91. The fraction of sp³-hybridized carbons (Fsp3) is 0.125. The van der Waals surface area contributed by atoms with Crippen LogP contribution in [0.5, 0.6) is 0 Å². The van der Waals surface area contributed by atoms with E-state index in [1.807, 2.05) is 24.3 Å². The summed E-state index contributed by atoms with van der Waals surface area (Å²) in [6, 6.07) is 9.76. The van der Waals surface area contributed by atoms with E-state index in [0.717, 1.165) is 11.3 Å². The van der Waals surface area contributed by atoms with Crippen LogP contribution in [0.2, 0.25) is 0 Å². The zero-order valence-corrected chi connectivity index (χ0v) is 5.59. The van der Waals surface area contributed by atoms with E-state index in [1.54, 1.807) is 0 Å². The Kier molecular flexibility index (Phi) is 1.91. The van der Waals surface area contributed by atoms with Crippen molar-refractivity contribution in [2.24, 2.45) is 0 Å². The molecule has 0 atom stereocenters. The SMILES string of the molecule is [NH+]#CCc1ccc(N)cc1. The Bertz CT molecular complexity index is 243. The van der Waals surface area contributed by atoms with Crippen molar-refractivity contribution in [3.8, 4) is 6.07 Å². The first-order valence-corrected chi connectivity index (χ1v) is 3.07. The number of nitrogen functional groups attached to an aromatic ring is 1. The van der Waals surface area contributed by atoms with Gasteiger partial charge >= 0.3 is 0 Å². The van der Waals surface area contributed by atoms with Gasteiger partial charge in [-0.15, -0.1) is 5.26 Å². The minimum Gasteiger partial charge on any atom is -0.399 e. The minimum atomic E-state index is 0.570. The van der Waals surface area contributed by atoms with E-state index in [1.165, 1.54) is 0 Å². The van der Waals surface area contributed by atoms with Crippen molar-refractivity contribution in [2.75, 3.05) is 5.73 Å². The maximum Gasteiger partial charge on any atom is 0.275 e. The van der Waals surface area contributed by atoms with Crippen LogP contribution in [0.1, 0.15) is 5.56 Å². The molecule has 0 unspecified atom stereocenters. The number of nitrogens with one attached hydrogen (secondary N) is 1. The lowest BCUT2D eigenvalue weighted by molar-refractivity contribution is -0.0940. The summed E-state index contributed by atoms with van der Waals surface area (Å²) in [6.45, 7) is 0. The van der Waals surface area contributed by atoms with Gasteiger partial charge in [-0.05, 0) is 17.7 Å². The predicted molar refractivity (Wildman–Crippen MR) is 39.4 cm³/mol. The molecule has 0 saturated heterocycles. The third kappa shape index (κ3) is 1.49. The molecule has 2 heteroatoms. The summed E-state index contributed by atoms with van der Waals surface area (Å²) < 4.78 is 0. The summed E-state index contributed by atoms with van der Waals surface area (Å²) in [6.07, 6.45) is 0.570. The molecule has 2 nitrogen and oxygen atoms in total. The Morgan fingerprint density at radius 3 is 2.40 bits per heavy atom. The Morgan fingerprint density at radius 2 is 1.90 bits per heavy atom. The largest absolute Gasteiger partial charge is 0.399 e. The monoisotopic (exact) mass is 133 g/mol. The molecule has 0 saturated carbocycles. The molecule has 0 aliphatic carbocycles. The minimum absolute atomic E-state index is 0.570. The van der Waals surface area contributed by atoms with Crippen molar-refractivity contribution in [2.45, 2.75) is 6.42 Å². The molecule has 1 rings (SSSR count). The van der Waals surface area contributed by atoms with Gasteiger partial charge in [0.15, 0.2) is 0 Å². The Morgan fingerprint density at radius 1 is 1.30 bits per heavy atom. The number of hydrogen-bond acceptors (Lipinski definition) is 1. The van der Waals surface area contributed by atoms with Crippen LogP contribution < -0.4 is 11.0 Å². The van der Waals surface area contributed by atoms with Crippen LogP contribution in [0.25, 0.3) is 0 Å². The molecular formula is C8H9N2+. The summed E-state index contributed by atoms with van der Waals surface area (Å²) in [5.74, 6) is 0. The van der Waals surface area contributed by atoms with E-state index in [-0.39, 0.29) is 0 Å². The topological polar surface area (TPSA) is 49.8 Å². The summed E-state index contributed by atoms with van der Waals surface area (Å²) in [5, 5.41) is 6.71. The van der Waals surface area contributed by atoms with Gasteiger partial charge in [0.2, 0.25) is 0 Å². The fourth-order valence-corrected chi connectivity index (χ4v) is 0.738. The third-order valence-electron chi connectivity index (χ3n) is 1.27. The second kappa shape index (κ2) is 2.88. The van der Waals surface area contributed by atoms with Crippen LogP contribution in [0, 0.1) is 6.07 Å². The normalized spacial score (nSPS) is 8.70. The van der Waals surface area contributed by atoms with Crippen molar-refractivity contribution in [3.63, 3.8) is 0 Å². The molecule has 0 amide bonds. The van der Waals surface area contributed by atoms with E-state index in [9.17, 15) is 0 Å². The molecule has 0 fully saturated rings. The molecule has 0 heterocycles. The summed E-state index contributed by atoms with van der Waals surface area (Å²) in [4.78, 5) is 0. The Labute approximate surface area is 59.9 Å². The quantitative estimate of drug-likeness (QED) is 0.502. The first-order valence-electron chi connectivity index (χ1n) is 3.07. The van der Waals surface area contributed by atoms with Gasteiger partial charge in [-0.3, -0.25) is 0 Å². The zero-order chi connectivity index (χ0) is 7.40. The molecule has 1 aromatic rings. The highest BCUT2D eigenvalue weighted by Crippen LogP contribution is 2.04. The van der Waals surface area contributed by atoms with Gasteiger partial charge in [-0.25, -0.2) is 0 Å². The van der Waals surface area contributed by atoms with Crippen molar-refractivity contribution in [1.29, 1.82) is 0 Å². The van der Waals surface area contributed by atoms with Crippen LogP contribution in [0.4, 0.5) is 5.69 Å². The lowest BCUT2D eigenvalue weighted by atomic mass is 10.1. The molecule has 0 bridgehead atoms. The molecule has 0 aliphatic rings.